The molecule has 0 aliphatic carbocycles. The van der Waals surface area contributed by atoms with Crippen molar-refractivity contribution in [3.8, 4) is 17.1 Å². The second kappa shape index (κ2) is 5.57. The fourth-order valence-corrected chi connectivity index (χ4v) is 1.99. The van der Waals surface area contributed by atoms with Crippen LogP contribution in [0.4, 0.5) is 0 Å². The predicted octanol–water partition coefficient (Wildman–Crippen LogP) is 0.239. The highest BCUT2D eigenvalue weighted by Crippen LogP contribution is 2.28. The molecular formula is C10H11N5O3S. The lowest BCUT2D eigenvalue weighted by Crippen LogP contribution is -2.12. The highest BCUT2D eigenvalue weighted by atomic mass is 32.2. The van der Waals surface area contributed by atoms with Crippen molar-refractivity contribution in [3.63, 3.8) is 0 Å². The number of nitrogens with two attached hydrogens (primary N) is 1. The average molecular weight is 281 g/mol. The van der Waals surface area contributed by atoms with Crippen LogP contribution in [0.3, 0.4) is 0 Å². The zero-order valence-corrected chi connectivity index (χ0v) is 10.8. The summed E-state index contributed by atoms with van der Waals surface area (Å²) in [6, 6.07) is 1.69. The van der Waals surface area contributed by atoms with E-state index in [1.165, 1.54) is 18.0 Å². The number of carboxylic acid groups (broad SMARTS) is 1. The van der Waals surface area contributed by atoms with Crippen LogP contribution in [0.15, 0.2) is 23.6 Å². The smallest absolute Gasteiger partial charge is 0.313 e. The lowest BCUT2D eigenvalue weighted by molar-refractivity contribution is -0.133. The molecule has 2 aromatic heterocycles. The summed E-state index contributed by atoms with van der Waals surface area (Å²) in [5, 5.41) is 16.7. The Morgan fingerprint density at radius 3 is 3.05 bits per heavy atom. The van der Waals surface area contributed by atoms with Crippen molar-refractivity contribution in [3.05, 3.63) is 18.5 Å². The van der Waals surface area contributed by atoms with Gasteiger partial charge in [0.15, 0.2) is 5.82 Å². The number of hydrogen-bond donors (Lipinski definition) is 2. The van der Waals surface area contributed by atoms with Gasteiger partial charge in [-0.05, 0) is 6.07 Å². The SMILES string of the molecule is COc1cnccc1-c1nnc(SCC(=O)O)n1N. The van der Waals surface area contributed by atoms with Gasteiger partial charge in [-0.15, -0.1) is 10.2 Å². The molecule has 0 unspecified atom stereocenters. The first-order valence-electron chi connectivity index (χ1n) is 5.17. The number of carboxylic acids is 1. The number of aromatic nitrogens is 4. The van der Waals surface area contributed by atoms with Crippen LogP contribution in [-0.4, -0.2) is 43.8 Å². The van der Waals surface area contributed by atoms with E-state index in [0.29, 0.717) is 22.3 Å². The van der Waals surface area contributed by atoms with E-state index >= 15 is 0 Å². The summed E-state index contributed by atoms with van der Waals surface area (Å²) < 4.78 is 6.39. The Morgan fingerprint density at radius 1 is 1.58 bits per heavy atom. The molecule has 0 radical (unpaired) electrons. The third-order valence-electron chi connectivity index (χ3n) is 2.23. The normalized spacial score (nSPS) is 10.4. The van der Waals surface area contributed by atoms with Gasteiger partial charge in [0.1, 0.15) is 5.75 Å². The van der Waals surface area contributed by atoms with Crippen LogP contribution < -0.4 is 10.6 Å². The Balaban J connectivity index is 2.33. The van der Waals surface area contributed by atoms with Gasteiger partial charge >= 0.3 is 5.97 Å². The molecule has 100 valence electrons. The molecule has 0 aliphatic heterocycles. The van der Waals surface area contributed by atoms with E-state index in [1.807, 2.05) is 0 Å². The number of pyridine rings is 1. The molecule has 2 heterocycles. The van der Waals surface area contributed by atoms with E-state index in [9.17, 15) is 4.79 Å². The van der Waals surface area contributed by atoms with E-state index in [1.54, 1.807) is 12.3 Å². The number of nitrogen functional groups attached to an aromatic ring is 1. The predicted molar refractivity (Wildman–Crippen MR) is 68.3 cm³/mol. The maximum atomic E-state index is 10.5. The van der Waals surface area contributed by atoms with Crippen LogP contribution in [0, 0.1) is 0 Å². The molecule has 0 bridgehead atoms. The standard InChI is InChI=1S/C10H11N5O3S/c1-18-7-4-12-3-2-6(7)9-13-14-10(15(9)11)19-5-8(16)17/h2-4H,5,11H2,1H3,(H,16,17). The molecule has 8 nitrogen and oxygen atoms in total. The summed E-state index contributed by atoms with van der Waals surface area (Å²) in [5.74, 6) is 5.66. The first-order chi connectivity index (χ1) is 9.13. The van der Waals surface area contributed by atoms with Crippen molar-refractivity contribution in [2.45, 2.75) is 5.16 Å². The summed E-state index contributed by atoms with van der Waals surface area (Å²) in [4.78, 5) is 14.4. The number of rotatable bonds is 5. The summed E-state index contributed by atoms with van der Waals surface area (Å²) >= 11 is 0.992. The Labute approximate surface area is 112 Å². The van der Waals surface area contributed by atoms with Crippen molar-refractivity contribution < 1.29 is 14.6 Å². The van der Waals surface area contributed by atoms with Crippen LogP contribution in [0.2, 0.25) is 0 Å². The number of aliphatic carboxylic acids is 1. The fourth-order valence-electron chi connectivity index (χ4n) is 1.41. The number of hydrogen-bond acceptors (Lipinski definition) is 7. The minimum atomic E-state index is -0.948. The second-order valence-corrected chi connectivity index (χ2v) is 4.38. The van der Waals surface area contributed by atoms with Crippen molar-refractivity contribution in [2.75, 3.05) is 18.7 Å². The Bertz CT molecular complexity index is 601. The van der Waals surface area contributed by atoms with Crippen LogP contribution >= 0.6 is 11.8 Å². The van der Waals surface area contributed by atoms with Gasteiger partial charge < -0.3 is 15.7 Å². The topological polar surface area (TPSA) is 116 Å². The molecule has 0 aliphatic rings. The molecular weight excluding hydrogens is 270 g/mol. The molecule has 0 amide bonds. The lowest BCUT2D eigenvalue weighted by atomic mass is 10.2. The summed E-state index contributed by atoms with van der Waals surface area (Å²) in [6.07, 6.45) is 3.12. The second-order valence-electron chi connectivity index (χ2n) is 3.43. The van der Waals surface area contributed by atoms with Crippen LogP contribution in [-0.2, 0) is 4.79 Å². The molecule has 0 atom stereocenters. The summed E-state index contributed by atoms with van der Waals surface area (Å²) in [6.45, 7) is 0. The third kappa shape index (κ3) is 2.76. The first-order valence-corrected chi connectivity index (χ1v) is 6.15. The number of carbonyl (C=O) groups is 1. The Hall–Kier alpha value is -2.29. The van der Waals surface area contributed by atoms with Crippen molar-refractivity contribution in [1.82, 2.24) is 19.9 Å². The van der Waals surface area contributed by atoms with Gasteiger partial charge in [0.2, 0.25) is 5.16 Å². The number of nitrogens with zero attached hydrogens (tertiary/aromatic N) is 4. The lowest BCUT2D eigenvalue weighted by Gasteiger charge is -2.06. The Kier molecular flexibility index (Phi) is 3.85. The van der Waals surface area contributed by atoms with Gasteiger partial charge in [-0.25, -0.2) is 4.68 Å². The van der Waals surface area contributed by atoms with Crippen LogP contribution in [0.25, 0.3) is 11.4 Å². The highest BCUT2D eigenvalue weighted by Gasteiger charge is 2.16. The number of methoxy groups -OCH3 is 1. The summed E-state index contributed by atoms with van der Waals surface area (Å²) in [7, 11) is 1.51. The molecule has 0 saturated carbocycles. The highest BCUT2D eigenvalue weighted by molar-refractivity contribution is 7.99. The molecule has 9 heteroatoms. The molecule has 0 aromatic carbocycles. The molecule has 2 aromatic rings. The quantitative estimate of drug-likeness (QED) is 0.591. The van der Waals surface area contributed by atoms with E-state index in [2.05, 4.69) is 15.2 Å². The van der Waals surface area contributed by atoms with Gasteiger partial charge in [-0.3, -0.25) is 9.78 Å². The molecule has 0 saturated heterocycles. The van der Waals surface area contributed by atoms with E-state index in [4.69, 9.17) is 15.7 Å². The van der Waals surface area contributed by atoms with Gasteiger partial charge in [0.05, 0.1) is 24.6 Å². The van der Waals surface area contributed by atoms with Crippen LogP contribution in [0.1, 0.15) is 0 Å². The van der Waals surface area contributed by atoms with E-state index in [0.717, 1.165) is 11.8 Å². The monoisotopic (exact) mass is 281 g/mol. The zero-order valence-electron chi connectivity index (χ0n) is 9.98. The molecule has 2 rings (SSSR count). The summed E-state index contributed by atoms with van der Waals surface area (Å²) in [5.41, 5.74) is 0.634. The third-order valence-corrected chi connectivity index (χ3v) is 3.16. The fraction of sp³-hybridized carbons (Fsp3) is 0.200. The largest absolute Gasteiger partial charge is 0.494 e. The van der Waals surface area contributed by atoms with Gasteiger partial charge in [0, 0.05) is 6.20 Å². The maximum Gasteiger partial charge on any atom is 0.313 e. The first kappa shape index (κ1) is 13.1. The average Bonchev–Trinajstić information content (AvgIpc) is 2.77. The number of thioether (sulfide) groups is 1. The molecule has 19 heavy (non-hydrogen) atoms. The van der Waals surface area contributed by atoms with E-state index in [-0.39, 0.29) is 5.75 Å². The molecule has 0 fully saturated rings. The minimum absolute atomic E-state index is 0.136. The van der Waals surface area contributed by atoms with Crippen molar-refractivity contribution in [2.24, 2.45) is 0 Å². The van der Waals surface area contributed by atoms with Gasteiger partial charge in [-0.2, -0.15) is 0 Å². The maximum absolute atomic E-state index is 10.5. The zero-order chi connectivity index (χ0) is 13.8. The van der Waals surface area contributed by atoms with Gasteiger partial charge in [0.25, 0.3) is 0 Å². The number of ether oxygens (including phenoxy) is 1. The van der Waals surface area contributed by atoms with Crippen molar-refractivity contribution >= 4 is 17.7 Å². The van der Waals surface area contributed by atoms with Gasteiger partial charge in [-0.1, -0.05) is 11.8 Å². The minimum Gasteiger partial charge on any atom is -0.494 e. The Morgan fingerprint density at radius 2 is 2.37 bits per heavy atom. The van der Waals surface area contributed by atoms with E-state index < -0.39 is 5.97 Å². The van der Waals surface area contributed by atoms with Crippen molar-refractivity contribution in [1.29, 1.82) is 0 Å². The molecule has 3 N–H and O–H groups in total. The molecule has 0 spiro atoms. The van der Waals surface area contributed by atoms with Crippen LogP contribution in [0.5, 0.6) is 5.75 Å².